The van der Waals surface area contributed by atoms with Gasteiger partial charge in [0.1, 0.15) is 11.6 Å². The van der Waals surface area contributed by atoms with Gasteiger partial charge >= 0.3 is 5.97 Å². The molecule has 0 fully saturated rings. The first-order valence-electron chi connectivity index (χ1n) is 7.32. The van der Waals surface area contributed by atoms with Crippen LogP contribution in [0.15, 0.2) is 18.2 Å². The lowest BCUT2D eigenvalue weighted by Gasteiger charge is -2.18. The molecule has 0 aliphatic rings. The number of nitrogens with one attached hydrogen (secondary N) is 1. The molecule has 1 unspecified atom stereocenters. The standard InChI is InChI=1S/C16H24FNO3/c1-4-5-15(16(19)20)21-14-7-6-13(17)8-12(14)10-18-9-11(2)3/h6-8,11,15,18H,4-5,9-10H2,1-3H3,(H,19,20). The van der Waals surface area contributed by atoms with Crippen molar-refractivity contribution in [1.29, 1.82) is 0 Å². The molecule has 0 saturated heterocycles. The van der Waals surface area contributed by atoms with Crippen molar-refractivity contribution in [3.8, 4) is 5.75 Å². The third-order valence-corrected chi connectivity index (χ3v) is 2.99. The van der Waals surface area contributed by atoms with E-state index in [1.165, 1.54) is 18.2 Å². The predicted octanol–water partition coefficient (Wildman–Crippen LogP) is 3.20. The summed E-state index contributed by atoms with van der Waals surface area (Å²) in [6.45, 7) is 7.31. The summed E-state index contributed by atoms with van der Waals surface area (Å²) in [5, 5.41) is 12.4. The number of carboxylic acid groups (broad SMARTS) is 1. The molecule has 0 spiro atoms. The van der Waals surface area contributed by atoms with Crippen LogP contribution in [-0.2, 0) is 11.3 Å². The Morgan fingerprint density at radius 1 is 1.43 bits per heavy atom. The number of carbonyl (C=O) groups is 1. The largest absolute Gasteiger partial charge is 0.479 e. The molecule has 0 heterocycles. The fourth-order valence-corrected chi connectivity index (χ4v) is 1.94. The van der Waals surface area contributed by atoms with Crippen molar-refractivity contribution in [2.24, 2.45) is 5.92 Å². The maximum atomic E-state index is 13.4. The van der Waals surface area contributed by atoms with Crippen molar-refractivity contribution < 1.29 is 19.0 Å². The number of rotatable bonds is 9. The van der Waals surface area contributed by atoms with Crippen LogP contribution in [0.2, 0.25) is 0 Å². The SMILES string of the molecule is CCCC(Oc1ccc(F)cc1CNCC(C)C)C(=O)O. The molecule has 1 aromatic rings. The highest BCUT2D eigenvalue weighted by molar-refractivity contribution is 5.72. The van der Waals surface area contributed by atoms with Crippen LogP contribution >= 0.6 is 0 Å². The molecular weight excluding hydrogens is 273 g/mol. The molecule has 0 saturated carbocycles. The molecule has 0 aliphatic heterocycles. The monoisotopic (exact) mass is 297 g/mol. The first-order valence-corrected chi connectivity index (χ1v) is 7.32. The van der Waals surface area contributed by atoms with Gasteiger partial charge in [0.15, 0.2) is 6.10 Å². The number of halogens is 1. The molecule has 2 N–H and O–H groups in total. The summed E-state index contributed by atoms with van der Waals surface area (Å²) in [4.78, 5) is 11.2. The molecule has 4 nitrogen and oxygen atoms in total. The van der Waals surface area contributed by atoms with Crippen LogP contribution in [0.3, 0.4) is 0 Å². The topological polar surface area (TPSA) is 58.6 Å². The predicted molar refractivity (Wildman–Crippen MR) is 79.9 cm³/mol. The van der Waals surface area contributed by atoms with Crippen LogP contribution in [0.1, 0.15) is 39.2 Å². The second-order valence-electron chi connectivity index (χ2n) is 5.51. The molecule has 0 radical (unpaired) electrons. The van der Waals surface area contributed by atoms with Crippen LogP contribution in [0.4, 0.5) is 4.39 Å². The Morgan fingerprint density at radius 3 is 2.71 bits per heavy atom. The minimum Gasteiger partial charge on any atom is -0.479 e. The molecule has 0 aliphatic carbocycles. The smallest absolute Gasteiger partial charge is 0.344 e. The van der Waals surface area contributed by atoms with Gasteiger partial charge in [0.05, 0.1) is 0 Å². The maximum absolute atomic E-state index is 13.4. The highest BCUT2D eigenvalue weighted by Gasteiger charge is 2.19. The average molecular weight is 297 g/mol. The van der Waals surface area contributed by atoms with E-state index in [2.05, 4.69) is 19.2 Å². The summed E-state index contributed by atoms with van der Waals surface area (Å²) >= 11 is 0. The second kappa shape index (κ2) is 8.62. The highest BCUT2D eigenvalue weighted by atomic mass is 19.1. The minimum absolute atomic E-state index is 0.355. The number of aliphatic carboxylic acids is 1. The van der Waals surface area contributed by atoms with Crippen molar-refractivity contribution >= 4 is 5.97 Å². The first kappa shape index (κ1) is 17.4. The van der Waals surface area contributed by atoms with Gasteiger partial charge in [0.2, 0.25) is 0 Å². The van der Waals surface area contributed by atoms with Crippen LogP contribution in [0.5, 0.6) is 5.75 Å². The third kappa shape index (κ3) is 6.12. The fraction of sp³-hybridized carbons (Fsp3) is 0.562. The van der Waals surface area contributed by atoms with E-state index in [4.69, 9.17) is 9.84 Å². The van der Waals surface area contributed by atoms with Crippen molar-refractivity contribution in [3.63, 3.8) is 0 Å². The van der Waals surface area contributed by atoms with Gasteiger partial charge in [-0.2, -0.15) is 0 Å². The molecule has 1 atom stereocenters. The van der Waals surface area contributed by atoms with Crippen LogP contribution in [0.25, 0.3) is 0 Å². The van der Waals surface area contributed by atoms with Crippen LogP contribution in [-0.4, -0.2) is 23.7 Å². The van der Waals surface area contributed by atoms with Gasteiger partial charge in [0, 0.05) is 12.1 Å². The van der Waals surface area contributed by atoms with Crippen molar-refractivity contribution in [3.05, 3.63) is 29.6 Å². The van der Waals surface area contributed by atoms with E-state index < -0.39 is 12.1 Å². The first-order chi connectivity index (χ1) is 9.93. The molecule has 1 aromatic carbocycles. The number of ether oxygens (including phenoxy) is 1. The molecule has 5 heteroatoms. The maximum Gasteiger partial charge on any atom is 0.344 e. The summed E-state index contributed by atoms with van der Waals surface area (Å²) in [5.41, 5.74) is 0.637. The minimum atomic E-state index is -0.998. The van der Waals surface area contributed by atoms with E-state index in [1.807, 2.05) is 6.92 Å². The summed E-state index contributed by atoms with van der Waals surface area (Å²) in [7, 11) is 0. The summed E-state index contributed by atoms with van der Waals surface area (Å²) in [6.07, 6.45) is 0.231. The van der Waals surface area contributed by atoms with E-state index in [-0.39, 0.29) is 5.82 Å². The van der Waals surface area contributed by atoms with E-state index in [9.17, 15) is 9.18 Å². The Bertz CT molecular complexity index is 463. The van der Waals surface area contributed by atoms with E-state index in [1.54, 1.807) is 0 Å². The molecule has 0 aromatic heterocycles. The Labute approximate surface area is 125 Å². The molecule has 0 amide bonds. The lowest BCUT2D eigenvalue weighted by Crippen LogP contribution is -2.27. The van der Waals surface area contributed by atoms with Crippen LogP contribution in [0, 0.1) is 11.7 Å². The van der Waals surface area contributed by atoms with Gasteiger partial charge in [-0.3, -0.25) is 0 Å². The lowest BCUT2D eigenvalue weighted by molar-refractivity contribution is -0.145. The van der Waals surface area contributed by atoms with Crippen LogP contribution < -0.4 is 10.1 Å². The number of hydrogen-bond acceptors (Lipinski definition) is 3. The van der Waals surface area contributed by atoms with Gasteiger partial charge in [-0.05, 0) is 37.1 Å². The quantitative estimate of drug-likeness (QED) is 0.735. The zero-order valence-electron chi connectivity index (χ0n) is 12.9. The van der Waals surface area contributed by atoms with Gasteiger partial charge in [-0.15, -0.1) is 0 Å². The molecular formula is C16H24FNO3. The Morgan fingerprint density at radius 2 is 2.14 bits per heavy atom. The number of benzene rings is 1. The molecule has 1 rings (SSSR count). The lowest BCUT2D eigenvalue weighted by atomic mass is 10.1. The van der Waals surface area contributed by atoms with E-state index >= 15 is 0 Å². The number of carboxylic acids is 1. The Balaban J connectivity index is 2.82. The second-order valence-corrected chi connectivity index (χ2v) is 5.51. The molecule has 0 bridgehead atoms. The Kier molecular flexibility index (Phi) is 7.15. The van der Waals surface area contributed by atoms with E-state index in [0.717, 1.165) is 6.54 Å². The van der Waals surface area contributed by atoms with Gasteiger partial charge in [-0.1, -0.05) is 27.2 Å². The van der Waals surface area contributed by atoms with Gasteiger partial charge < -0.3 is 15.2 Å². The van der Waals surface area contributed by atoms with Gasteiger partial charge in [0.25, 0.3) is 0 Å². The normalized spacial score (nSPS) is 12.4. The van der Waals surface area contributed by atoms with Crippen molar-refractivity contribution in [1.82, 2.24) is 5.32 Å². The summed E-state index contributed by atoms with van der Waals surface area (Å²) in [5.74, 6) is -0.448. The molecule has 118 valence electrons. The third-order valence-electron chi connectivity index (χ3n) is 2.99. The summed E-state index contributed by atoms with van der Waals surface area (Å²) in [6, 6.07) is 4.16. The average Bonchev–Trinajstić information content (AvgIpc) is 2.40. The van der Waals surface area contributed by atoms with Crippen molar-refractivity contribution in [2.45, 2.75) is 46.3 Å². The number of hydrogen-bond donors (Lipinski definition) is 2. The van der Waals surface area contributed by atoms with Crippen molar-refractivity contribution in [2.75, 3.05) is 6.54 Å². The summed E-state index contributed by atoms with van der Waals surface area (Å²) < 4.78 is 18.9. The zero-order chi connectivity index (χ0) is 15.8. The van der Waals surface area contributed by atoms with E-state index in [0.29, 0.717) is 36.6 Å². The fourth-order valence-electron chi connectivity index (χ4n) is 1.94. The molecule has 21 heavy (non-hydrogen) atoms. The van der Waals surface area contributed by atoms with Gasteiger partial charge in [-0.25, -0.2) is 9.18 Å². The Hall–Kier alpha value is -1.62. The highest BCUT2D eigenvalue weighted by Crippen LogP contribution is 2.22. The zero-order valence-corrected chi connectivity index (χ0v) is 12.9.